The fourth-order valence-electron chi connectivity index (χ4n) is 2.51. The SMILES string of the molecule is CCOCCCNC(=NC)NCCCOC1CCCCC1.I. The first kappa shape index (κ1) is 21.9. The van der Waals surface area contributed by atoms with Crippen molar-refractivity contribution >= 4 is 29.9 Å². The molecule has 6 heteroatoms. The van der Waals surface area contributed by atoms with Gasteiger partial charge in [-0.1, -0.05) is 19.3 Å². The van der Waals surface area contributed by atoms with Gasteiger partial charge in [-0.15, -0.1) is 24.0 Å². The Hall–Kier alpha value is -0.0800. The molecule has 5 nitrogen and oxygen atoms in total. The predicted molar refractivity (Wildman–Crippen MR) is 103 cm³/mol. The first-order chi connectivity index (χ1) is 10.4. The Bertz CT molecular complexity index is 272. The Labute approximate surface area is 153 Å². The van der Waals surface area contributed by atoms with Crippen molar-refractivity contribution in [3.63, 3.8) is 0 Å². The molecule has 132 valence electrons. The molecule has 0 spiro atoms. The average molecular weight is 427 g/mol. The van der Waals surface area contributed by atoms with E-state index >= 15 is 0 Å². The van der Waals surface area contributed by atoms with Gasteiger partial charge in [0.2, 0.25) is 0 Å². The van der Waals surface area contributed by atoms with Gasteiger partial charge in [0, 0.05) is 40.0 Å². The number of nitrogens with one attached hydrogen (secondary N) is 2. The molecule has 0 aromatic rings. The van der Waals surface area contributed by atoms with Gasteiger partial charge >= 0.3 is 0 Å². The molecule has 0 bridgehead atoms. The second-order valence-corrected chi connectivity index (χ2v) is 5.46. The molecule has 1 rings (SSSR count). The van der Waals surface area contributed by atoms with E-state index in [1.165, 1.54) is 32.1 Å². The predicted octanol–water partition coefficient (Wildman–Crippen LogP) is 2.94. The monoisotopic (exact) mass is 427 g/mol. The van der Waals surface area contributed by atoms with E-state index in [2.05, 4.69) is 15.6 Å². The summed E-state index contributed by atoms with van der Waals surface area (Å²) in [6.07, 6.45) is 9.08. The first-order valence-electron chi connectivity index (χ1n) is 8.50. The lowest BCUT2D eigenvalue weighted by Crippen LogP contribution is -2.38. The molecule has 22 heavy (non-hydrogen) atoms. The van der Waals surface area contributed by atoms with Crippen molar-refractivity contribution in [1.29, 1.82) is 0 Å². The quantitative estimate of drug-likeness (QED) is 0.244. The summed E-state index contributed by atoms with van der Waals surface area (Å²) in [7, 11) is 1.80. The summed E-state index contributed by atoms with van der Waals surface area (Å²) in [4.78, 5) is 4.21. The van der Waals surface area contributed by atoms with Crippen molar-refractivity contribution in [2.45, 2.75) is 58.0 Å². The Balaban J connectivity index is 0.00000441. The molecule has 1 saturated carbocycles. The van der Waals surface area contributed by atoms with Gasteiger partial charge in [-0.3, -0.25) is 4.99 Å². The highest BCUT2D eigenvalue weighted by Crippen LogP contribution is 2.20. The van der Waals surface area contributed by atoms with E-state index in [1.807, 2.05) is 6.92 Å². The fourth-order valence-corrected chi connectivity index (χ4v) is 2.51. The van der Waals surface area contributed by atoms with Crippen molar-refractivity contribution in [3.05, 3.63) is 0 Å². The summed E-state index contributed by atoms with van der Waals surface area (Å²) in [5.41, 5.74) is 0. The molecular formula is C16H34IN3O2. The summed E-state index contributed by atoms with van der Waals surface area (Å²) >= 11 is 0. The maximum absolute atomic E-state index is 5.91. The van der Waals surface area contributed by atoms with Crippen LogP contribution in [0.2, 0.25) is 0 Å². The Kier molecular flexibility index (Phi) is 15.7. The minimum atomic E-state index is 0. The molecule has 0 aromatic carbocycles. The third kappa shape index (κ3) is 11.5. The summed E-state index contributed by atoms with van der Waals surface area (Å²) in [5, 5.41) is 6.60. The molecule has 0 unspecified atom stereocenters. The normalized spacial score (nSPS) is 16.2. The Morgan fingerprint density at radius 3 is 2.27 bits per heavy atom. The van der Waals surface area contributed by atoms with Crippen LogP contribution in [-0.2, 0) is 9.47 Å². The van der Waals surface area contributed by atoms with E-state index in [-0.39, 0.29) is 24.0 Å². The van der Waals surface area contributed by atoms with Crippen LogP contribution in [-0.4, -0.2) is 52.0 Å². The van der Waals surface area contributed by atoms with E-state index in [0.29, 0.717) is 6.10 Å². The van der Waals surface area contributed by atoms with Crippen LogP contribution in [0.3, 0.4) is 0 Å². The molecule has 0 radical (unpaired) electrons. The van der Waals surface area contributed by atoms with Crippen LogP contribution < -0.4 is 10.6 Å². The van der Waals surface area contributed by atoms with Gasteiger partial charge in [0.25, 0.3) is 0 Å². The van der Waals surface area contributed by atoms with Gasteiger partial charge in [-0.25, -0.2) is 0 Å². The first-order valence-corrected chi connectivity index (χ1v) is 8.50. The lowest BCUT2D eigenvalue weighted by molar-refractivity contribution is 0.0277. The molecule has 0 atom stereocenters. The highest BCUT2D eigenvalue weighted by molar-refractivity contribution is 14.0. The van der Waals surface area contributed by atoms with Crippen molar-refractivity contribution in [3.8, 4) is 0 Å². The number of nitrogens with zero attached hydrogens (tertiary/aromatic N) is 1. The topological polar surface area (TPSA) is 54.9 Å². The van der Waals surface area contributed by atoms with Crippen LogP contribution in [0.15, 0.2) is 4.99 Å². The maximum atomic E-state index is 5.91. The zero-order valence-corrected chi connectivity index (χ0v) is 16.6. The molecule has 0 saturated heterocycles. The number of aliphatic imine (C=N–C) groups is 1. The molecule has 0 heterocycles. The summed E-state index contributed by atoms with van der Waals surface area (Å²) in [6.45, 7) is 6.24. The largest absolute Gasteiger partial charge is 0.382 e. The molecular weight excluding hydrogens is 393 g/mol. The van der Waals surface area contributed by atoms with E-state index in [9.17, 15) is 0 Å². The second-order valence-electron chi connectivity index (χ2n) is 5.46. The Morgan fingerprint density at radius 1 is 1.05 bits per heavy atom. The van der Waals surface area contributed by atoms with Gasteiger partial charge in [-0.2, -0.15) is 0 Å². The van der Waals surface area contributed by atoms with Crippen LogP contribution >= 0.6 is 24.0 Å². The van der Waals surface area contributed by atoms with Gasteiger partial charge in [0.05, 0.1) is 6.10 Å². The highest BCUT2D eigenvalue weighted by atomic mass is 127. The number of rotatable bonds is 10. The molecule has 0 aliphatic heterocycles. The number of halogens is 1. The zero-order chi connectivity index (χ0) is 15.2. The smallest absolute Gasteiger partial charge is 0.190 e. The minimum absolute atomic E-state index is 0. The van der Waals surface area contributed by atoms with E-state index in [4.69, 9.17) is 9.47 Å². The zero-order valence-electron chi connectivity index (χ0n) is 14.2. The van der Waals surface area contributed by atoms with Crippen molar-refractivity contribution in [2.24, 2.45) is 4.99 Å². The summed E-state index contributed by atoms with van der Waals surface area (Å²) in [5.74, 6) is 0.865. The van der Waals surface area contributed by atoms with E-state index in [1.54, 1.807) is 7.05 Å². The third-order valence-electron chi connectivity index (χ3n) is 3.70. The van der Waals surface area contributed by atoms with E-state index in [0.717, 1.165) is 51.7 Å². The van der Waals surface area contributed by atoms with Crippen LogP contribution in [0.25, 0.3) is 0 Å². The summed E-state index contributed by atoms with van der Waals surface area (Å²) in [6, 6.07) is 0. The van der Waals surface area contributed by atoms with Gasteiger partial charge < -0.3 is 20.1 Å². The molecule has 1 aliphatic carbocycles. The number of ether oxygens (including phenoxy) is 2. The lowest BCUT2D eigenvalue weighted by atomic mass is 9.98. The van der Waals surface area contributed by atoms with E-state index < -0.39 is 0 Å². The fraction of sp³-hybridized carbons (Fsp3) is 0.938. The maximum Gasteiger partial charge on any atom is 0.190 e. The molecule has 1 aliphatic rings. The van der Waals surface area contributed by atoms with Crippen molar-refractivity contribution < 1.29 is 9.47 Å². The van der Waals surface area contributed by atoms with Gasteiger partial charge in [0.1, 0.15) is 0 Å². The second kappa shape index (κ2) is 15.8. The third-order valence-corrected chi connectivity index (χ3v) is 3.70. The molecule has 1 fully saturated rings. The van der Waals surface area contributed by atoms with Gasteiger partial charge in [0.15, 0.2) is 5.96 Å². The molecule has 2 N–H and O–H groups in total. The van der Waals surface area contributed by atoms with Gasteiger partial charge in [-0.05, 0) is 32.6 Å². The van der Waals surface area contributed by atoms with Crippen molar-refractivity contribution in [1.82, 2.24) is 10.6 Å². The van der Waals surface area contributed by atoms with Crippen LogP contribution in [0.4, 0.5) is 0 Å². The number of guanidine groups is 1. The summed E-state index contributed by atoms with van der Waals surface area (Å²) < 4.78 is 11.2. The van der Waals surface area contributed by atoms with Crippen molar-refractivity contribution in [2.75, 3.05) is 40.0 Å². The van der Waals surface area contributed by atoms with Crippen LogP contribution in [0.1, 0.15) is 51.9 Å². The van der Waals surface area contributed by atoms with Crippen LogP contribution in [0, 0.1) is 0 Å². The number of hydrogen-bond acceptors (Lipinski definition) is 3. The molecule has 0 amide bonds. The number of hydrogen-bond donors (Lipinski definition) is 2. The average Bonchev–Trinajstić information content (AvgIpc) is 2.53. The minimum Gasteiger partial charge on any atom is -0.382 e. The van der Waals surface area contributed by atoms with Crippen LogP contribution in [0.5, 0.6) is 0 Å². The standard InChI is InChI=1S/C16H33N3O2.HI/c1-3-20-13-7-11-18-16(17-2)19-12-8-14-21-15-9-5-4-6-10-15;/h15H,3-14H2,1-2H3,(H2,17,18,19);1H. The lowest BCUT2D eigenvalue weighted by Gasteiger charge is -2.22. The molecule has 0 aromatic heterocycles. The Morgan fingerprint density at radius 2 is 1.68 bits per heavy atom. The highest BCUT2D eigenvalue weighted by Gasteiger charge is 2.12.